The van der Waals surface area contributed by atoms with E-state index in [0.717, 1.165) is 37.6 Å². The number of rotatable bonds is 3. The van der Waals surface area contributed by atoms with Gasteiger partial charge in [-0.3, -0.25) is 9.78 Å². The fourth-order valence-electron chi connectivity index (χ4n) is 2.55. The molecule has 112 valence electrons. The van der Waals surface area contributed by atoms with Crippen LogP contribution < -0.4 is 10.2 Å². The van der Waals surface area contributed by atoms with Crippen molar-refractivity contribution in [1.82, 2.24) is 15.2 Å². The molecule has 1 aromatic heterocycles. The first kappa shape index (κ1) is 15.3. The number of aryl methyl sites for hydroxylation is 2. The summed E-state index contributed by atoms with van der Waals surface area (Å²) in [5.74, 6) is 0.0926. The van der Waals surface area contributed by atoms with Crippen LogP contribution in [0.3, 0.4) is 0 Å². The van der Waals surface area contributed by atoms with Crippen LogP contribution in [0.1, 0.15) is 17.0 Å². The van der Waals surface area contributed by atoms with Crippen LogP contribution in [0.4, 0.5) is 5.69 Å². The molecule has 1 fully saturated rings. The number of hydrogen-bond acceptors (Lipinski definition) is 5. The normalized spacial score (nSPS) is 14.7. The van der Waals surface area contributed by atoms with Crippen molar-refractivity contribution in [3.8, 4) is 6.07 Å². The Kier molecular flexibility index (Phi) is 4.76. The maximum absolute atomic E-state index is 12.3. The van der Waals surface area contributed by atoms with E-state index in [1.54, 1.807) is 0 Å². The summed E-state index contributed by atoms with van der Waals surface area (Å²) in [5, 5.41) is 12.5. The zero-order valence-corrected chi connectivity index (χ0v) is 12.8. The number of pyridine rings is 1. The topological polar surface area (TPSA) is 72.3 Å². The number of anilines is 1. The molecular weight excluding hydrogens is 266 g/mol. The van der Waals surface area contributed by atoms with Gasteiger partial charge in [0.25, 0.3) is 0 Å². The largest absolute Gasteiger partial charge is 0.364 e. The Labute approximate surface area is 125 Å². The average molecular weight is 287 g/mol. The Morgan fingerprint density at radius 3 is 2.76 bits per heavy atom. The summed E-state index contributed by atoms with van der Waals surface area (Å²) in [6, 6.07) is 4.04. The number of amides is 1. The van der Waals surface area contributed by atoms with E-state index in [0.29, 0.717) is 11.3 Å². The lowest BCUT2D eigenvalue weighted by Crippen LogP contribution is -2.49. The smallest absolute Gasteiger partial charge is 0.242 e. The molecule has 0 saturated carbocycles. The van der Waals surface area contributed by atoms with E-state index >= 15 is 0 Å². The highest BCUT2D eigenvalue weighted by atomic mass is 16.2. The molecule has 1 aromatic rings. The van der Waals surface area contributed by atoms with Crippen LogP contribution in [-0.4, -0.2) is 55.6 Å². The van der Waals surface area contributed by atoms with Gasteiger partial charge in [0.1, 0.15) is 6.07 Å². The predicted molar refractivity (Wildman–Crippen MR) is 81.1 cm³/mol. The summed E-state index contributed by atoms with van der Waals surface area (Å²) in [7, 11) is 1.84. The highest BCUT2D eigenvalue weighted by Crippen LogP contribution is 2.22. The summed E-state index contributed by atoms with van der Waals surface area (Å²) in [6.07, 6.45) is 0. The minimum absolute atomic E-state index is 0.0926. The number of carbonyl (C=O) groups is 1. The number of nitriles is 1. The third-order valence-electron chi connectivity index (χ3n) is 3.67. The lowest BCUT2D eigenvalue weighted by Gasteiger charge is -2.30. The summed E-state index contributed by atoms with van der Waals surface area (Å²) in [4.78, 5) is 20.3. The SMILES string of the molecule is Cc1cc(N(C)CC(=O)N2CCNCC2)c(C#N)c(C)n1. The molecule has 1 aliphatic rings. The van der Waals surface area contributed by atoms with Gasteiger partial charge in [-0.2, -0.15) is 5.26 Å². The molecule has 0 bridgehead atoms. The van der Waals surface area contributed by atoms with Gasteiger partial charge in [0, 0.05) is 38.9 Å². The van der Waals surface area contributed by atoms with Crippen molar-refractivity contribution < 1.29 is 4.79 Å². The molecule has 21 heavy (non-hydrogen) atoms. The van der Waals surface area contributed by atoms with E-state index in [9.17, 15) is 10.1 Å². The van der Waals surface area contributed by atoms with Crippen LogP contribution in [0, 0.1) is 25.2 Å². The summed E-state index contributed by atoms with van der Waals surface area (Å²) in [6.45, 7) is 7.15. The molecule has 0 aliphatic carbocycles. The molecule has 1 N–H and O–H groups in total. The summed E-state index contributed by atoms with van der Waals surface area (Å²) < 4.78 is 0. The Morgan fingerprint density at radius 2 is 2.14 bits per heavy atom. The van der Waals surface area contributed by atoms with E-state index in [-0.39, 0.29) is 12.5 Å². The van der Waals surface area contributed by atoms with E-state index in [1.165, 1.54) is 0 Å². The van der Waals surface area contributed by atoms with E-state index < -0.39 is 0 Å². The summed E-state index contributed by atoms with van der Waals surface area (Å²) >= 11 is 0. The number of piperazine rings is 1. The molecule has 2 rings (SSSR count). The van der Waals surface area contributed by atoms with Crippen LogP contribution in [0.2, 0.25) is 0 Å². The minimum Gasteiger partial charge on any atom is -0.364 e. The number of likely N-dealkylation sites (N-methyl/N-ethyl adjacent to an activating group) is 1. The molecule has 0 spiro atoms. The van der Waals surface area contributed by atoms with Crippen molar-refractivity contribution in [3.63, 3.8) is 0 Å². The molecule has 1 amide bonds. The molecule has 0 aromatic carbocycles. The number of nitrogens with zero attached hydrogens (tertiary/aromatic N) is 4. The molecule has 0 atom stereocenters. The van der Waals surface area contributed by atoms with Crippen molar-refractivity contribution in [1.29, 1.82) is 5.26 Å². The van der Waals surface area contributed by atoms with Gasteiger partial charge < -0.3 is 15.1 Å². The first-order valence-corrected chi connectivity index (χ1v) is 7.11. The summed E-state index contributed by atoms with van der Waals surface area (Å²) in [5.41, 5.74) is 2.86. The lowest BCUT2D eigenvalue weighted by molar-refractivity contribution is -0.130. The second-order valence-electron chi connectivity index (χ2n) is 5.34. The first-order chi connectivity index (χ1) is 10.0. The third-order valence-corrected chi connectivity index (χ3v) is 3.67. The van der Waals surface area contributed by atoms with Crippen molar-refractivity contribution in [3.05, 3.63) is 23.0 Å². The fourth-order valence-corrected chi connectivity index (χ4v) is 2.55. The van der Waals surface area contributed by atoms with Crippen molar-refractivity contribution in [2.45, 2.75) is 13.8 Å². The zero-order valence-electron chi connectivity index (χ0n) is 12.8. The van der Waals surface area contributed by atoms with Crippen LogP contribution in [-0.2, 0) is 4.79 Å². The Hall–Kier alpha value is -2.13. The molecule has 0 unspecified atom stereocenters. The van der Waals surface area contributed by atoms with Gasteiger partial charge in [0.05, 0.1) is 23.5 Å². The third kappa shape index (κ3) is 3.50. The Bertz CT molecular complexity index is 572. The van der Waals surface area contributed by atoms with Gasteiger partial charge in [-0.1, -0.05) is 0 Å². The Balaban J connectivity index is 2.15. The minimum atomic E-state index is 0.0926. The van der Waals surface area contributed by atoms with Crippen LogP contribution in [0.5, 0.6) is 0 Å². The molecule has 6 heteroatoms. The van der Waals surface area contributed by atoms with Gasteiger partial charge >= 0.3 is 0 Å². The number of hydrogen-bond donors (Lipinski definition) is 1. The molecule has 1 saturated heterocycles. The monoisotopic (exact) mass is 287 g/mol. The second kappa shape index (κ2) is 6.55. The molecule has 1 aliphatic heterocycles. The highest BCUT2D eigenvalue weighted by Gasteiger charge is 2.20. The van der Waals surface area contributed by atoms with Gasteiger partial charge in [-0.25, -0.2) is 0 Å². The van der Waals surface area contributed by atoms with Gasteiger partial charge in [0.2, 0.25) is 5.91 Å². The second-order valence-corrected chi connectivity index (χ2v) is 5.34. The standard InChI is InChI=1S/C15H21N5O/c1-11-8-14(13(9-16)12(2)18-11)19(3)10-15(21)20-6-4-17-5-7-20/h8,17H,4-7,10H2,1-3H3. The van der Waals surface area contributed by atoms with E-state index in [1.807, 2.05) is 36.8 Å². The number of aromatic nitrogens is 1. The predicted octanol–water partition coefficient (Wildman–Crippen LogP) is 0.438. The van der Waals surface area contributed by atoms with Crippen LogP contribution >= 0.6 is 0 Å². The molecular formula is C15H21N5O. The number of carbonyl (C=O) groups excluding carboxylic acids is 1. The van der Waals surface area contributed by atoms with Gasteiger partial charge in [-0.05, 0) is 19.9 Å². The number of nitrogens with one attached hydrogen (secondary N) is 1. The first-order valence-electron chi connectivity index (χ1n) is 7.11. The molecule has 6 nitrogen and oxygen atoms in total. The van der Waals surface area contributed by atoms with Gasteiger partial charge in [-0.15, -0.1) is 0 Å². The zero-order chi connectivity index (χ0) is 15.4. The van der Waals surface area contributed by atoms with E-state index in [4.69, 9.17) is 0 Å². The maximum Gasteiger partial charge on any atom is 0.242 e. The molecule has 0 radical (unpaired) electrons. The fraction of sp³-hybridized carbons (Fsp3) is 0.533. The molecule has 2 heterocycles. The average Bonchev–Trinajstić information content (AvgIpc) is 2.47. The van der Waals surface area contributed by atoms with E-state index in [2.05, 4.69) is 16.4 Å². The van der Waals surface area contributed by atoms with Crippen molar-refractivity contribution >= 4 is 11.6 Å². The quantitative estimate of drug-likeness (QED) is 0.873. The van der Waals surface area contributed by atoms with Crippen molar-refractivity contribution in [2.24, 2.45) is 0 Å². The maximum atomic E-state index is 12.3. The van der Waals surface area contributed by atoms with Gasteiger partial charge in [0.15, 0.2) is 0 Å². The van der Waals surface area contributed by atoms with Crippen molar-refractivity contribution in [2.75, 3.05) is 44.7 Å². The van der Waals surface area contributed by atoms with Crippen LogP contribution in [0.15, 0.2) is 6.07 Å². The lowest BCUT2D eigenvalue weighted by atomic mass is 10.1. The highest BCUT2D eigenvalue weighted by molar-refractivity contribution is 5.82. The van der Waals surface area contributed by atoms with Crippen LogP contribution in [0.25, 0.3) is 0 Å². The Morgan fingerprint density at radius 1 is 1.48 bits per heavy atom.